The Morgan fingerprint density at radius 3 is 2.67 bits per heavy atom. The number of carbonyl (C=O) groups is 1. The predicted molar refractivity (Wildman–Crippen MR) is 107 cm³/mol. The van der Waals surface area contributed by atoms with Crippen molar-refractivity contribution in [2.75, 3.05) is 33.9 Å². The minimum Gasteiger partial charge on any atom is -0.496 e. The van der Waals surface area contributed by atoms with Gasteiger partial charge in [-0.2, -0.15) is 0 Å². The van der Waals surface area contributed by atoms with E-state index in [9.17, 15) is 9.90 Å². The average Bonchev–Trinajstić information content (AvgIpc) is 2.67. The highest BCUT2D eigenvalue weighted by Gasteiger charge is 2.33. The molecule has 1 aromatic carbocycles. The molecule has 152 valence electrons. The lowest BCUT2D eigenvalue weighted by Crippen LogP contribution is -2.41. The van der Waals surface area contributed by atoms with Crippen molar-refractivity contribution >= 4 is 18.3 Å². The standard InChI is InChI=1S/C20H30N2O4.ClH/c1-13(14-5-4-8-21-10-14)9-19(24)22-11-15-17(25-2)6-7-18(26-3)20(15)16(23)12-22;/h6-7,13-14,16,21,23H,4-5,8-12H2,1-3H3;1H. The Bertz CT molecular complexity index is 649. The van der Waals surface area contributed by atoms with Gasteiger partial charge in [0.2, 0.25) is 5.91 Å². The number of aliphatic hydroxyl groups is 1. The fourth-order valence-corrected chi connectivity index (χ4v) is 4.20. The molecule has 1 saturated heterocycles. The Hall–Kier alpha value is -1.50. The molecule has 1 amide bonds. The van der Waals surface area contributed by atoms with Crippen LogP contribution in [0.25, 0.3) is 0 Å². The van der Waals surface area contributed by atoms with Crippen LogP contribution in [0.15, 0.2) is 12.1 Å². The lowest BCUT2D eigenvalue weighted by atomic mass is 9.85. The quantitative estimate of drug-likeness (QED) is 0.797. The largest absolute Gasteiger partial charge is 0.496 e. The molecule has 6 nitrogen and oxygen atoms in total. The average molecular weight is 399 g/mol. The molecular weight excluding hydrogens is 368 g/mol. The molecule has 2 N–H and O–H groups in total. The Morgan fingerprint density at radius 1 is 1.33 bits per heavy atom. The van der Waals surface area contributed by atoms with E-state index >= 15 is 0 Å². The van der Waals surface area contributed by atoms with Gasteiger partial charge in [0, 0.05) is 24.1 Å². The van der Waals surface area contributed by atoms with Crippen LogP contribution in [0.1, 0.15) is 43.4 Å². The van der Waals surface area contributed by atoms with E-state index in [1.54, 1.807) is 25.2 Å². The second-order valence-electron chi connectivity index (χ2n) is 7.44. The number of amides is 1. The number of halogens is 1. The Morgan fingerprint density at radius 2 is 2.04 bits per heavy atom. The van der Waals surface area contributed by atoms with Crippen LogP contribution in [0.3, 0.4) is 0 Å². The van der Waals surface area contributed by atoms with Crippen LogP contribution in [0, 0.1) is 11.8 Å². The fourth-order valence-electron chi connectivity index (χ4n) is 4.20. The fraction of sp³-hybridized carbons (Fsp3) is 0.650. The van der Waals surface area contributed by atoms with Crippen molar-refractivity contribution < 1.29 is 19.4 Å². The van der Waals surface area contributed by atoms with Gasteiger partial charge in [-0.15, -0.1) is 12.4 Å². The molecule has 3 rings (SSSR count). The van der Waals surface area contributed by atoms with Gasteiger partial charge in [-0.1, -0.05) is 6.92 Å². The van der Waals surface area contributed by atoms with Gasteiger partial charge in [0.1, 0.15) is 17.6 Å². The van der Waals surface area contributed by atoms with Crippen molar-refractivity contribution in [2.45, 2.75) is 38.8 Å². The number of hydrogen-bond acceptors (Lipinski definition) is 5. The van der Waals surface area contributed by atoms with Crippen LogP contribution >= 0.6 is 12.4 Å². The Kier molecular flexibility index (Phi) is 7.77. The van der Waals surface area contributed by atoms with E-state index in [-0.39, 0.29) is 18.3 Å². The zero-order valence-electron chi connectivity index (χ0n) is 16.4. The molecule has 0 spiro atoms. The third kappa shape index (κ3) is 4.68. The maximum absolute atomic E-state index is 12.9. The zero-order chi connectivity index (χ0) is 18.7. The van der Waals surface area contributed by atoms with Crippen LogP contribution in [-0.2, 0) is 11.3 Å². The van der Waals surface area contributed by atoms with E-state index in [0.717, 1.165) is 24.2 Å². The molecule has 0 aromatic heterocycles. The van der Waals surface area contributed by atoms with Gasteiger partial charge < -0.3 is 24.8 Å². The molecule has 2 heterocycles. The first kappa shape index (κ1) is 21.8. The first-order valence-electron chi connectivity index (χ1n) is 9.45. The van der Waals surface area contributed by atoms with E-state index < -0.39 is 6.10 Å². The summed E-state index contributed by atoms with van der Waals surface area (Å²) in [5.41, 5.74) is 1.58. The number of β-amino-alcohol motifs (C(OH)–C–C–N with tert-alkyl or cyclic N) is 1. The van der Waals surface area contributed by atoms with Crippen LogP contribution in [0.2, 0.25) is 0 Å². The molecule has 2 aliphatic heterocycles. The number of nitrogens with one attached hydrogen (secondary N) is 1. The van der Waals surface area contributed by atoms with Crippen molar-refractivity contribution in [3.05, 3.63) is 23.3 Å². The summed E-state index contributed by atoms with van der Waals surface area (Å²) in [5, 5.41) is 14.1. The summed E-state index contributed by atoms with van der Waals surface area (Å²) in [5.74, 6) is 2.30. The molecule has 1 aromatic rings. The number of nitrogens with zero attached hydrogens (tertiary/aromatic N) is 1. The van der Waals surface area contributed by atoms with Crippen molar-refractivity contribution in [1.82, 2.24) is 10.2 Å². The summed E-state index contributed by atoms with van der Waals surface area (Å²) in [7, 11) is 3.19. The van der Waals surface area contributed by atoms with Gasteiger partial charge in [0.15, 0.2) is 0 Å². The van der Waals surface area contributed by atoms with E-state index in [4.69, 9.17) is 9.47 Å². The van der Waals surface area contributed by atoms with Crippen LogP contribution in [0.5, 0.6) is 11.5 Å². The first-order valence-corrected chi connectivity index (χ1v) is 9.45. The van der Waals surface area contributed by atoms with Crippen LogP contribution in [-0.4, -0.2) is 49.8 Å². The second kappa shape index (κ2) is 9.62. The monoisotopic (exact) mass is 398 g/mol. The number of benzene rings is 1. The van der Waals surface area contributed by atoms with Gasteiger partial charge in [0.25, 0.3) is 0 Å². The zero-order valence-corrected chi connectivity index (χ0v) is 17.2. The highest BCUT2D eigenvalue weighted by Crippen LogP contribution is 2.39. The highest BCUT2D eigenvalue weighted by atomic mass is 35.5. The molecule has 0 saturated carbocycles. The van der Waals surface area contributed by atoms with Crippen molar-refractivity contribution in [1.29, 1.82) is 0 Å². The summed E-state index contributed by atoms with van der Waals surface area (Å²) < 4.78 is 10.8. The van der Waals surface area contributed by atoms with Gasteiger partial charge in [0.05, 0.1) is 20.8 Å². The number of rotatable bonds is 5. The first-order chi connectivity index (χ1) is 12.5. The molecule has 3 unspecified atom stereocenters. The summed E-state index contributed by atoms with van der Waals surface area (Å²) in [6.07, 6.45) is 2.11. The molecule has 2 aliphatic rings. The molecule has 0 radical (unpaired) electrons. The van der Waals surface area contributed by atoms with Crippen LogP contribution in [0.4, 0.5) is 0 Å². The molecule has 1 fully saturated rings. The maximum atomic E-state index is 12.9. The lowest BCUT2D eigenvalue weighted by Gasteiger charge is -2.35. The van der Waals surface area contributed by atoms with E-state index in [2.05, 4.69) is 12.2 Å². The third-order valence-electron chi connectivity index (χ3n) is 5.78. The smallest absolute Gasteiger partial charge is 0.223 e. The Balaban J connectivity index is 0.00000261. The minimum atomic E-state index is -0.764. The molecule has 7 heteroatoms. The number of carbonyl (C=O) groups excluding carboxylic acids is 1. The summed E-state index contributed by atoms with van der Waals surface area (Å²) in [6, 6.07) is 3.63. The topological polar surface area (TPSA) is 71.0 Å². The number of aliphatic hydroxyl groups excluding tert-OH is 1. The number of methoxy groups -OCH3 is 2. The van der Waals surface area contributed by atoms with Gasteiger partial charge >= 0.3 is 0 Å². The van der Waals surface area contributed by atoms with Crippen molar-refractivity contribution in [3.63, 3.8) is 0 Å². The van der Waals surface area contributed by atoms with E-state index in [1.807, 2.05) is 6.07 Å². The molecule has 0 bridgehead atoms. The van der Waals surface area contributed by atoms with Crippen molar-refractivity contribution in [2.24, 2.45) is 11.8 Å². The SMILES string of the molecule is COc1ccc(OC)c2c1CN(C(=O)CC(C)C1CCCNC1)CC2O.Cl. The van der Waals surface area contributed by atoms with E-state index in [1.165, 1.54) is 12.8 Å². The summed E-state index contributed by atoms with van der Waals surface area (Å²) in [4.78, 5) is 14.6. The number of piperidine rings is 1. The normalized spacial score (nSPS) is 23.0. The minimum absolute atomic E-state index is 0. The van der Waals surface area contributed by atoms with Gasteiger partial charge in [-0.05, 0) is 49.9 Å². The second-order valence-corrected chi connectivity index (χ2v) is 7.44. The van der Waals surface area contributed by atoms with Gasteiger partial charge in [-0.3, -0.25) is 4.79 Å². The lowest BCUT2D eigenvalue weighted by molar-refractivity contribution is -0.135. The number of ether oxygens (including phenoxy) is 2. The number of fused-ring (bicyclic) bond motifs is 1. The predicted octanol–water partition coefficient (Wildman–Crippen LogP) is 2.53. The summed E-state index contributed by atoms with van der Waals surface area (Å²) >= 11 is 0. The van der Waals surface area contributed by atoms with Crippen LogP contribution < -0.4 is 14.8 Å². The molecule has 27 heavy (non-hydrogen) atoms. The molecule has 3 atom stereocenters. The highest BCUT2D eigenvalue weighted by molar-refractivity contribution is 5.85. The molecular formula is C20H31ClN2O4. The van der Waals surface area contributed by atoms with Crippen molar-refractivity contribution in [3.8, 4) is 11.5 Å². The maximum Gasteiger partial charge on any atom is 0.223 e. The molecule has 0 aliphatic carbocycles. The third-order valence-corrected chi connectivity index (χ3v) is 5.78. The number of hydrogen-bond donors (Lipinski definition) is 2. The van der Waals surface area contributed by atoms with Gasteiger partial charge in [-0.25, -0.2) is 0 Å². The summed E-state index contributed by atoms with van der Waals surface area (Å²) in [6.45, 7) is 4.97. The van der Waals surface area contributed by atoms with E-state index in [0.29, 0.717) is 42.8 Å². The Labute approximate surface area is 167 Å².